The van der Waals surface area contributed by atoms with E-state index in [9.17, 15) is 19.2 Å². The molecule has 1 fully saturated rings. The van der Waals surface area contributed by atoms with Gasteiger partial charge in [-0.1, -0.05) is 5.16 Å². The number of hydrogen-bond donors (Lipinski definition) is 2. The summed E-state index contributed by atoms with van der Waals surface area (Å²) in [4.78, 5) is 60.3. The first-order valence-corrected chi connectivity index (χ1v) is 12.0. The van der Waals surface area contributed by atoms with Gasteiger partial charge in [0.1, 0.15) is 29.9 Å². The summed E-state index contributed by atoms with van der Waals surface area (Å²) in [7, 11) is 1.28. The molecule has 192 valence electrons. The van der Waals surface area contributed by atoms with Gasteiger partial charge in [-0.15, -0.1) is 35.5 Å². The Morgan fingerprint density at radius 1 is 1.31 bits per heavy atom. The van der Waals surface area contributed by atoms with Crippen LogP contribution in [0, 0.1) is 5.41 Å². The maximum absolute atomic E-state index is 12.9. The van der Waals surface area contributed by atoms with Crippen LogP contribution < -0.4 is 11.1 Å². The van der Waals surface area contributed by atoms with Crippen molar-refractivity contribution >= 4 is 70.1 Å². The van der Waals surface area contributed by atoms with E-state index in [2.05, 4.69) is 15.5 Å². The Morgan fingerprint density at radius 3 is 2.57 bits per heavy atom. The molecule has 3 rings (SSSR count). The summed E-state index contributed by atoms with van der Waals surface area (Å²) in [5, 5.41) is 7.60. The van der Waals surface area contributed by atoms with Gasteiger partial charge < -0.3 is 25.4 Å². The highest BCUT2D eigenvalue weighted by Gasteiger charge is 2.54. The van der Waals surface area contributed by atoms with Crippen molar-refractivity contribution in [2.75, 3.05) is 25.4 Å². The minimum absolute atomic E-state index is 0. The largest absolute Gasteiger partial charge is 0.427 e. The second kappa shape index (κ2) is 11.3. The molecule has 1 aromatic heterocycles. The summed E-state index contributed by atoms with van der Waals surface area (Å²) in [5.74, 6) is -2.04. The predicted molar refractivity (Wildman–Crippen MR) is 132 cm³/mol. The van der Waals surface area contributed by atoms with Crippen molar-refractivity contribution in [1.29, 1.82) is 0 Å². The van der Waals surface area contributed by atoms with Crippen LogP contribution in [0.4, 0.5) is 5.13 Å². The smallest absolute Gasteiger partial charge is 0.357 e. The molecule has 0 aliphatic carbocycles. The average Bonchev–Trinajstić information content (AvgIpc) is 3.20. The predicted octanol–water partition coefficient (Wildman–Crippen LogP) is 1.26. The van der Waals surface area contributed by atoms with Crippen molar-refractivity contribution < 1.29 is 33.5 Å². The van der Waals surface area contributed by atoms with Crippen LogP contribution in [0.25, 0.3) is 0 Å². The van der Waals surface area contributed by atoms with Crippen molar-refractivity contribution in [3.05, 3.63) is 22.3 Å². The van der Waals surface area contributed by atoms with E-state index in [0.717, 1.165) is 11.3 Å². The number of β-lactam (4-membered cyclic amide) rings is 1. The van der Waals surface area contributed by atoms with Gasteiger partial charge in [0, 0.05) is 11.1 Å². The van der Waals surface area contributed by atoms with Crippen LogP contribution in [0.1, 0.15) is 33.4 Å². The number of oxime groups is 1. The molecule has 1 aromatic rings. The highest BCUT2D eigenvalue weighted by atomic mass is 35.5. The minimum atomic E-state index is -0.898. The number of carbonyl (C=O) groups is 4. The number of aromatic nitrogens is 1. The quantitative estimate of drug-likeness (QED) is 0.167. The van der Waals surface area contributed by atoms with Crippen LogP contribution in [0.15, 0.2) is 21.8 Å². The van der Waals surface area contributed by atoms with Crippen LogP contribution in [0.3, 0.4) is 0 Å². The van der Waals surface area contributed by atoms with Crippen LogP contribution in [-0.2, 0) is 33.5 Å². The number of nitrogens with two attached hydrogens (primary N) is 1. The van der Waals surface area contributed by atoms with Crippen molar-refractivity contribution in [1.82, 2.24) is 15.2 Å². The first-order chi connectivity index (χ1) is 16.0. The van der Waals surface area contributed by atoms with Gasteiger partial charge in [-0.3, -0.25) is 19.3 Å². The lowest BCUT2D eigenvalue weighted by Gasteiger charge is -2.49. The number of thiazole rings is 1. The molecule has 0 saturated carbocycles. The van der Waals surface area contributed by atoms with Gasteiger partial charge >= 0.3 is 11.9 Å². The molecule has 0 aromatic carbocycles. The Bertz CT molecular complexity index is 1080. The molecule has 2 amide bonds. The number of thioether (sulfide) groups is 1. The zero-order valence-electron chi connectivity index (χ0n) is 19.6. The summed E-state index contributed by atoms with van der Waals surface area (Å²) < 4.78 is 10.0. The molecule has 2 aliphatic heterocycles. The molecule has 1 saturated heterocycles. The molecule has 3 heterocycles. The van der Waals surface area contributed by atoms with E-state index in [4.69, 9.17) is 20.0 Å². The number of ether oxygens (including phenoxy) is 2. The Kier molecular flexibility index (Phi) is 9.14. The lowest BCUT2D eigenvalue weighted by Crippen LogP contribution is -2.71. The topological polar surface area (TPSA) is 163 Å². The van der Waals surface area contributed by atoms with Crippen molar-refractivity contribution in [3.8, 4) is 0 Å². The average molecular weight is 548 g/mol. The second-order valence-electron chi connectivity index (χ2n) is 8.41. The van der Waals surface area contributed by atoms with E-state index < -0.39 is 47.4 Å². The molecule has 2 atom stereocenters. The van der Waals surface area contributed by atoms with Gasteiger partial charge in [-0.05, 0) is 33.3 Å². The van der Waals surface area contributed by atoms with Crippen LogP contribution in [0.2, 0.25) is 0 Å². The SMILES string of the molecule is CO/N=C(\C(=O)NC1C(=O)N2C(C(=O)OCOC(=O)C(C)(C)C)=C(C)CS[C@@H]12)c1csc(N)n1.Cl. The molecule has 0 radical (unpaired) electrons. The maximum Gasteiger partial charge on any atom is 0.357 e. The molecule has 2 aliphatic rings. The second-order valence-corrected chi connectivity index (χ2v) is 10.4. The molecule has 1 unspecified atom stereocenters. The highest BCUT2D eigenvalue weighted by Crippen LogP contribution is 2.40. The van der Waals surface area contributed by atoms with Crippen LogP contribution >= 0.6 is 35.5 Å². The van der Waals surface area contributed by atoms with Crippen LogP contribution in [0.5, 0.6) is 0 Å². The number of esters is 2. The lowest BCUT2D eigenvalue weighted by atomic mass is 9.98. The number of rotatable bonds is 7. The van der Waals surface area contributed by atoms with E-state index in [1.165, 1.54) is 23.8 Å². The maximum atomic E-state index is 12.9. The fraction of sp³-hybridized carbons (Fsp3) is 0.500. The Balaban J connectivity index is 0.00000432. The molecule has 0 bridgehead atoms. The van der Waals surface area contributed by atoms with E-state index in [0.29, 0.717) is 11.3 Å². The number of hydrogen-bond acceptors (Lipinski definition) is 12. The number of carbonyl (C=O) groups excluding carboxylic acids is 4. The Morgan fingerprint density at radius 2 is 2.00 bits per heavy atom. The number of amides is 2. The number of nitrogen functional groups attached to an aromatic ring is 1. The van der Waals surface area contributed by atoms with E-state index in [1.54, 1.807) is 33.1 Å². The fourth-order valence-corrected chi connectivity index (χ4v) is 4.93. The summed E-state index contributed by atoms with van der Waals surface area (Å²) in [6.45, 7) is 6.15. The van der Waals surface area contributed by atoms with E-state index in [-0.39, 0.29) is 34.6 Å². The monoisotopic (exact) mass is 547 g/mol. The van der Waals surface area contributed by atoms with Gasteiger partial charge in [0.05, 0.1) is 5.41 Å². The molecular formula is C20H26ClN5O7S2. The third-order valence-electron chi connectivity index (χ3n) is 4.79. The van der Waals surface area contributed by atoms with Gasteiger partial charge in [0.2, 0.25) is 6.79 Å². The Hall–Kier alpha value is -2.84. The molecule has 15 heteroatoms. The first kappa shape index (κ1) is 28.4. The van der Waals surface area contributed by atoms with Crippen molar-refractivity contribution in [2.24, 2.45) is 10.6 Å². The fourth-order valence-electron chi connectivity index (χ4n) is 3.09. The summed E-state index contributed by atoms with van der Waals surface area (Å²) in [6.07, 6.45) is 0. The molecule has 3 N–H and O–H groups in total. The Labute approximate surface area is 216 Å². The molecule has 0 spiro atoms. The number of anilines is 1. The van der Waals surface area contributed by atoms with Crippen molar-refractivity contribution in [3.63, 3.8) is 0 Å². The third kappa shape index (κ3) is 6.05. The summed E-state index contributed by atoms with van der Waals surface area (Å²) in [5.41, 5.74) is 5.67. The van der Waals surface area contributed by atoms with Gasteiger partial charge in [0.15, 0.2) is 10.8 Å². The van der Waals surface area contributed by atoms with Gasteiger partial charge in [-0.2, -0.15) is 0 Å². The number of halogens is 1. The number of fused-ring (bicyclic) bond motifs is 1. The van der Waals surface area contributed by atoms with E-state index >= 15 is 0 Å². The first-order valence-electron chi connectivity index (χ1n) is 10.1. The summed E-state index contributed by atoms with van der Waals surface area (Å²) >= 11 is 2.52. The van der Waals surface area contributed by atoms with Crippen LogP contribution in [-0.4, -0.2) is 70.4 Å². The number of nitrogens with one attached hydrogen (secondary N) is 1. The van der Waals surface area contributed by atoms with Gasteiger partial charge in [-0.25, -0.2) is 9.78 Å². The van der Waals surface area contributed by atoms with E-state index in [1.807, 2.05) is 0 Å². The van der Waals surface area contributed by atoms with Crippen molar-refractivity contribution in [2.45, 2.75) is 39.1 Å². The third-order valence-corrected chi connectivity index (χ3v) is 6.89. The zero-order chi connectivity index (χ0) is 25.2. The molecular weight excluding hydrogens is 522 g/mol. The highest BCUT2D eigenvalue weighted by molar-refractivity contribution is 8.00. The normalized spacial score (nSPS) is 19.7. The zero-order valence-corrected chi connectivity index (χ0v) is 22.1. The summed E-state index contributed by atoms with van der Waals surface area (Å²) in [6, 6.07) is -0.898. The molecule has 12 nitrogen and oxygen atoms in total. The lowest BCUT2D eigenvalue weighted by molar-refractivity contribution is -0.173. The standard InChI is InChI=1S/C20H25N5O7S2.ClH/c1-9-6-33-16-12(23-14(26)11(24-30-5)10-7-34-19(21)22-10)15(27)25(16)13(9)17(28)31-8-32-18(29)20(2,3)4;/h7,12,16H,6,8H2,1-5H3,(H2,21,22)(H,23,26);1H/b24-11-;/t12?,16-;/m0./s1. The number of nitrogens with zero attached hydrogens (tertiary/aromatic N) is 3. The molecule has 35 heavy (non-hydrogen) atoms. The van der Waals surface area contributed by atoms with Gasteiger partial charge in [0.25, 0.3) is 11.8 Å². The minimum Gasteiger partial charge on any atom is -0.427 e.